The van der Waals surface area contributed by atoms with Gasteiger partial charge in [0.1, 0.15) is 0 Å². The Labute approximate surface area is 185 Å². The predicted octanol–water partition coefficient (Wildman–Crippen LogP) is 3.00. The highest BCUT2D eigenvalue weighted by atomic mass is 19.2. The third-order valence-electron chi connectivity index (χ3n) is 6.20. The maximum absolute atomic E-state index is 13.8. The van der Waals surface area contributed by atoms with E-state index in [0.29, 0.717) is 19.1 Å². The molecular formula is C23H28F2N4O3. The lowest BCUT2D eigenvalue weighted by molar-refractivity contribution is 0.0581. The predicted molar refractivity (Wildman–Crippen MR) is 115 cm³/mol. The Kier molecular flexibility index (Phi) is 6.83. The number of nitrogens with zero attached hydrogens (tertiary/aromatic N) is 4. The van der Waals surface area contributed by atoms with Crippen LogP contribution in [0, 0.1) is 11.6 Å². The van der Waals surface area contributed by atoms with E-state index in [-0.39, 0.29) is 23.9 Å². The molecule has 2 saturated heterocycles. The lowest BCUT2D eigenvalue weighted by atomic mass is 9.99. The number of aromatic nitrogens is 2. The van der Waals surface area contributed by atoms with E-state index in [9.17, 15) is 18.4 Å². The molecule has 0 unspecified atom stereocenters. The second-order valence-electron chi connectivity index (χ2n) is 8.26. The number of benzene rings is 1. The number of carbonyl (C=O) groups is 1. The average Bonchev–Trinajstić information content (AvgIpc) is 2.82. The standard InChI is InChI=1S/C23H28F2N4O3/c1-2-32-21-15-20(30)22(26-29(21)17-6-7-18(24)19(25)14-17)23(31)28-12-8-16(9-13-28)27-10-4-3-5-11-27/h6-7,14-16H,2-5,8-13H2,1H3. The van der Waals surface area contributed by atoms with E-state index in [1.165, 1.54) is 36.1 Å². The van der Waals surface area contributed by atoms with Gasteiger partial charge < -0.3 is 14.5 Å². The first-order valence-corrected chi connectivity index (χ1v) is 11.2. The smallest absolute Gasteiger partial charge is 0.278 e. The number of ether oxygens (including phenoxy) is 1. The number of hydrogen-bond donors (Lipinski definition) is 0. The van der Waals surface area contributed by atoms with Crippen LogP contribution in [0.15, 0.2) is 29.1 Å². The van der Waals surface area contributed by atoms with Gasteiger partial charge in [0.15, 0.2) is 17.3 Å². The molecule has 9 heteroatoms. The Morgan fingerprint density at radius 3 is 2.44 bits per heavy atom. The van der Waals surface area contributed by atoms with E-state index in [2.05, 4.69) is 10.00 Å². The molecule has 2 fully saturated rings. The van der Waals surface area contributed by atoms with Gasteiger partial charge in [-0.25, -0.2) is 13.5 Å². The summed E-state index contributed by atoms with van der Waals surface area (Å²) in [4.78, 5) is 30.0. The van der Waals surface area contributed by atoms with Gasteiger partial charge in [-0.2, -0.15) is 5.10 Å². The van der Waals surface area contributed by atoms with Crippen LogP contribution in [0.25, 0.3) is 5.69 Å². The monoisotopic (exact) mass is 446 g/mol. The Balaban J connectivity index is 1.57. The summed E-state index contributed by atoms with van der Waals surface area (Å²) in [5.74, 6) is -2.45. The molecule has 0 radical (unpaired) electrons. The maximum Gasteiger partial charge on any atom is 0.278 e. The van der Waals surface area contributed by atoms with Crippen LogP contribution in [0.1, 0.15) is 49.5 Å². The molecule has 0 aliphatic carbocycles. The fourth-order valence-corrected chi connectivity index (χ4v) is 4.51. The molecule has 0 atom stereocenters. The van der Waals surface area contributed by atoms with Crippen molar-refractivity contribution in [1.29, 1.82) is 0 Å². The van der Waals surface area contributed by atoms with Gasteiger partial charge in [-0.3, -0.25) is 9.59 Å². The summed E-state index contributed by atoms with van der Waals surface area (Å²) in [6.07, 6.45) is 5.44. The molecule has 0 bridgehead atoms. The quantitative estimate of drug-likeness (QED) is 0.707. The Morgan fingerprint density at radius 1 is 1.06 bits per heavy atom. The normalized spacial score (nSPS) is 18.0. The van der Waals surface area contributed by atoms with E-state index in [1.54, 1.807) is 11.8 Å². The minimum absolute atomic E-state index is 0.0591. The summed E-state index contributed by atoms with van der Waals surface area (Å²) >= 11 is 0. The number of carbonyl (C=O) groups excluding carboxylic acids is 1. The number of rotatable bonds is 5. The number of piperidine rings is 2. The molecule has 1 amide bonds. The van der Waals surface area contributed by atoms with Crippen molar-refractivity contribution in [2.24, 2.45) is 0 Å². The zero-order chi connectivity index (χ0) is 22.7. The number of hydrogen-bond acceptors (Lipinski definition) is 5. The Morgan fingerprint density at radius 2 is 1.78 bits per heavy atom. The van der Waals surface area contributed by atoms with Gasteiger partial charge in [-0.1, -0.05) is 6.42 Å². The summed E-state index contributed by atoms with van der Waals surface area (Å²) in [5.41, 5.74) is -0.657. The molecule has 0 N–H and O–H groups in total. The highest BCUT2D eigenvalue weighted by molar-refractivity contribution is 5.92. The number of amides is 1. The van der Waals surface area contributed by atoms with Gasteiger partial charge in [-0.05, 0) is 57.8 Å². The van der Waals surface area contributed by atoms with E-state index in [0.717, 1.165) is 38.1 Å². The summed E-state index contributed by atoms with van der Waals surface area (Å²) in [6, 6.07) is 4.87. The third kappa shape index (κ3) is 4.67. The first-order valence-electron chi connectivity index (χ1n) is 11.2. The molecule has 3 heterocycles. The molecule has 1 aromatic carbocycles. The number of halogens is 2. The molecule has 4 rings (SSSR count). The van der Waals surface area contributed by atoms with Crippen molar-refractivity contribution < 1.29 is 18.3 Å². The molecule has 1 aromatic heterocycles. The van der Waals surface area contributed by atoms with Crippen LogP contribution in [0.3, 0.4) is 0 Å². The van der Waals surface area contributed by atoms with Crippen molar-refractivity contribution in [2.45, 2.75) is 45.1 Å². The van der Waals surface area contributed by atoms with Crippen LogP contribution in [0.5, 0.6) is 5.88 Å². The summed E-state index contributed by atoms with van der Waals surface area (Å²) in [5, 5.41) is 4.20. The molecule has 0 spiro atoms. The second-order valence-corrected chi connectivity index (χ2v) is 8.26. The SMILES string of the molecule is CCOc1cc(=O)c(C(=O)N2CCC(N3CCCCC3)CC2)nn1-c1ccc(F)c(F)c1. The summed E-state index contributed by atoms with van der Waals surface area (Å²) < 4.78 is 33.8. The fourth-order valence-electron chi connectivity index (χ4n) is 4.51. The van der Waals surface area contributed by atoms with E-state index in [1.807, 2.05) is 0 Å². The maximum atomic E-state index is 13.8. The average molecular weight is 446 g/mol. The highest BCUT2D eigenvalue weighted by Crippen LogP contribution is 2.22. The van der Waals surface area contributed by atoms with Crippen LogP contribution in [-0.2, 0) is 0 Å². The van der Waals surface area contributed by atoms with Crippen molar-refractivity contribution in [3.05, 3.63) is 51.8 Å². The lowest BCUT2D eigenvalue weighted by Gasteiger charge is -2.40. The zero-order valence-corrected chi connectivity index (χ0v) is 18.2. The molecular weight excluding hydrogens is 418 g/mol. The van der Waals surface area contributed by atoms with Crippen molar-refractivity contribution in [3.63, 3.8) is 0 Å². The van der Waals surface area contributed by atoms with E-state index in [4.69, 9.17) is 4.74 Å². The fraction of sp³-hybridized carbons (Fsp3) is 0.522. The van der Waals surface area contributed by atoms with Crippen LogP contribution in [0.4, 0.5) is 8.78 Å². The Bertz CT molecular complexity index is 1030. The lowest BCUT2D eigenvalue weighted by Crippen LogP contribution is -2.49. The van der Waals surface area contributed by atoms with Crippen LogP contribution >= 0.6 is 0 Å². The summed E-state index contributed by atoms with van der Waals surface area (Å²) in [7, 11) is 0. The molecule has 2 aliphatic rings. The molecule has 0 saturated carbocycles. The van der Waals surface area contributed by atoms with Gasteiger partial charge in [0.2, 0.25) is 11.3 Å². The first kappa shape index (κ1) is 22.4. The van der Waals surface area contributed by atoms with Crippen LogP contribution in [0.2, 0.25) is 0 Å². The van der Waals surface area contributed by atoms with Crippen molar-refractivity contribution in [3.8, 4) is 11.6 Å². The molecule has 32 heavy (non-hydrogen) atoms. The molecule has 7 nitrogen and oxygen atoms in total. The zero-order valence-electron chi connectivity index (χ0n) is 18.2. The minimum atomic E-state index is -1.06. The highest BCUT2D eigenvalue weighted by Gasteiger charge is 2.30. The van der Waals surface area contributed by atoms with E-state index < -0.39 is 23.0 Å². The van der Waals surface area contributed by atoms with E-state index >= 15 is 0 Å². The van der Waals surface area contributed by atoms with Crippen molar-refractivity contribution in [2.75, 3.05) is 32.8 Å². The molecule has 2 aromatic rings. The second kappa shape index (κ2) is 9.77. The van der Waals surface area contributed by atoms with Crippen LogP contribution < -0.4 is 10.2 Å². The topological polar surface area (TPSA) is 67.7 Å². The largest absolute Gasteiger partial charge is 0.478 e. The Hall–Kier alpha value is -2.81. The minimum Gasteiger partial charge on any atom is -0.478 e. The summed E-state index contributed by atoms with van der Waals surface area (Å²) in [6.45, 7) is 5.29. The first-order chi connectivity index (χ1) is 15.5. The van der Waals surface area contributed by atoms with Gasteiger partial charge in [0.25, 0.3) is 5.91 Å². The van der Waals surface area contributed by atoms with Crippen molar-refractivity contribution >= 4 is 5.91 Å². The van der Waals surface area contributed by atoms with Gasteiger partial charge in [-0.15, -0.1) is 0 Å². The van der Waals surface area contributed by atoms with Gasteiger partial charge >= 0.3 is 0 Å². The third-order valence-corrected chi connectivity index (χ3v) is 6.20. The number of likely N-dealkylation sites (tertiary alicyclic amines) is 2. The van der Waals surface area contributed by atoms with Gasteiger partial charge in [0, 0.05) is 25.2 Å². The van der Waals surface area contributed by atoms with Crippen molar-refractivity contribution in [1.82, 2.24) is 19.6 Å². The molecule has 2 aliphatic heterocycles. The molecule has 172 valence electrons. The van der Waals surface area contributed by atoms with Crippen LogP contribution in [-0.4, -0.2) is 64.3 Å². The van der Waals surface area contributed by atoms with Gasteiger partial charge in [0.05, 0.1) is 18.4 Å².